The lowest BCUT2D eigenvalue weighted by Crippen LogP contribution is -2.24. The van der Waals surface area contributed by atoms with Crippen LogP contribution in [0.15, 0.2) is 0 Å². The summed E-state index contributed by atoms with van der Waals surface area (Å²) in [6.07, 6.45) is 16.8. The monoisotopic (exact) mass is 1490 g/mol. The second kappa shape index (κ2) is 60.6. The minimum atomic E-state index is -0.282. The minimum absolute atomic E-state index is 0.0231. The zero-order valence-electron chi connectivity index (χ0n) is 75.2. The molecule has 0 aromatic carbocycles. The van der Waals surface area contributed by atoms with Crippen LogP contribution in [0.25, 0.3) is 0 Å². The van der Waals surface area contributed by atoms with Gasteiger partial charge in [0.05, 0.1) is 62.2 Å². The molecule has 1 rings (SSSR count). The summed E-state index contributed by atoms with van der Waals surface area (Å²) in [5.74, 6) is 0.571. The third-order valence-electron chi connectivity index (χ3n) is 14.3. The maximum absolute atomic E-state index is 11.7. The summed E-state index contributed by atoms with van der Waals surface area (Å²) in [7, 11) is 0. The van der Waals surface area contributed by atoms with Crippen molar-refractivity contribution in [3.63, 3.8) is 0 Å². The summed E-state index contributed by atoms with van der Waals surface area (Å²) < 4.78 is 46.1. The van der Waals surface area contributed by atoms with Crippen molar-refractivity contribution in [2.75, 3.05) is 33.0 Å². The first kappa shape index (κ1) is 113. The van der Waals surface area contributed by atoms with Gasteiger partial charge in [-0.05, 0) is 174 Å². The SMILES string of the molecule is CC(C)CC(=O)OC(C)CC(C)(C)C.CC(C)CC(=O)OCCC(C)(C)C.CC(C)CC(=O)OCCCC(C)(C)C.CC(CC(C)(C)C)OC(=O)C(C)C.CC(CC(C)(C)C)OC(=O)C1CCCC1.CCC(=O)OC(C)CC(C)(C)C.CCC(=O)OC(C)CCC(C)(C)C.CCCOCC(=O)OCC. The molecule has 17 nitrogen and oxygen atoms in total. The molecule has 5 unspecified atom stereocenters. The van der Waals surface area contributed by atoms with Crippen molar-refractivity contribution in [3.8, 4) is 0 Å². The fourth-order valence-electron chi connectivity index (χ4n) is 9.87. The van der Waals surface area contributed by atoms with Crippen molar-refractivity contribution >= 4 is 47.8 Å². The van der Waals surface area contributed by atoms with E-state index in [0.29, 0.717) is 87.1 Å². The lowest BCUT2D eigenvalue weighted by molar-refractivity contribution is -0.154. The highest BCUT2D eigenvalue weighted by atomic mass is 16.6. The van der Waals surface area contributed by atoms with Gasteiger partial charge in [0.2, 0.25) is 0 Å². The van der Waals surface area contributed by atoms with Gasteiger partial charge in [0.15, 0.2) is 0 Å². The zero-order valence-corrected chi connectivity index (χ0v) is 75.2. The second-order valence-corrected chi connectivity index (χ2v) is 38.5. The molecule has 0 aliphatic heterocycles. The van der Waals surface area contributed by atoms with E-state index in [0.717, 1.165) is 77.0 Å². The van der Waals surface area contributed by atoms with Gasteiger partial charge in [-0.2, -0.15) is 0 Å². The van der Waals surface area contributed by atoms with E-state index < -0.39 is 0 Å². The van der Waals surface area contributed by atoms with Gasteiger partial charge in [0.1, 0.15) is 6.61 Å². The van der Waals surface area contributed by atoms with Gasteiger partial charge in [0, 0.05) is 38.7 Å². The first-order valence-corrected chi connectivity index (χ1v) is 40.0. The van der Waals surface area contributed by atoms with Crippen molar-refractivity contribution in [2.24, 2.45) is 67.5 Å². The molecule has 5 atom stereocenters. The average molecular weight is 1490 g/mol. The van der Waals surface area contributed by atoms with Gasteiger partial charge in [-0.1, -0.05) is 234 Å². The zero-order chi connectivity index (χ0) is 83.2. The van der Waals surface area contributed by atoms with Crippen LogP contribution in [-0.4, -0.2) is 111 Å². The van der Waals surface area contributed by atoms with E-state index in [2.05, 4.69) is 150 Å². The number of esters is 8. The number of ether oxygens (including phenoxy) is 9. The molecule has 0 spiro atoms. The highest BCUT2D eigenvalue weighted by Gasteiger charge is 2.28. The van der Waals surface area contributed by atoms with Crippen LogP contribution in [-0.2, 0) is 81.0 Å². The molecule has 0 radical (unpaired) electrons. The first-order chi connectivity index (χ1) is 46.9. The van der Waals surface area contributed by atoms with Crippen LogP contribution in [0.3, 0.4) is 0 Å². The number of hydrogen-bond acceptors (Lipinski definition) is 17. The molecule has 0 amide bonds. The predicted molar refractivity (Wildman–Crippen MR) is 431 cm³/mol. The number of hydrogen-bond donors (Lipinski definition) is 0. The number of rotatable bonds is 31. The summed E-state index contributed by atoms with van der Waals surface area (Å²) in [5.41, 5.74) is 1.81. The topological polar surface area (TPSA) is 220 Å². The average Bonchev–Trinajstić information content (AvgIpc) is 1.69. The molecule has 0 heterocycles. The molecule has 0 saturated heterocycles. The van der Waals surface area contributed by atoms with Gasteiger partial charge in [-0.25, -0.2) is 4.79 Å². The van der Waals surface area contributed by atoms with E-state index in [-0.39, 0.29) is 124 Å². The van der Waals surface area contributed by atoms with Gasteiger partial charge < -0.3 is 42.6 Å². The van der Waals surface area contributed by atoms with E-state index in [9.17, 15) is 38.4 Å². The molecule has 1 fully saturated rings. The number of carbonyl (C=O) groups is 8. The Morgan fingerprint density at radius 1 is 0.346 bits per heavy atom. The molecule has 622 valence electrons. The van der Waals surface area contributed by atoms with Gasteiger partial charge in [-0.15, -0.1) is 0 Å². The lowest BCUT2D eigenvalue weighted by Gasteiger charge is -2.24. The Balaban J connectivity index is -0.000000207. The van der Waals surface area contributed by atoms with Crippen LogP contribution in [0.4, 0.5) is 0 Å². The largest absolute Gasteiger partial charge is 0.466 e. The predicted octanol–water partition coefficient (Wildman–Crippen LogP) is 23.3. The highest BCUT2D eigenvalue weighted by molar-refractivity contribution is 5.73. The van der Waals surface area contributed by atoms with E-state index in [1.54, 1.807) is 6.92 Å². The van der Waals surface area contributed by atoms with Crippen molar-refractivity contribution < 1.29 is 81.0 Å². The van der Waals surface area contributed by atoms with Crippen LogP contribution in [0.5, 0.6) is 0 Å². The summed E-state index contributed by atoms with van der Waals surface area (Å²) in [4.78, 5) is 88.9. The summed E-state index contributed by atoms with van der Waals surface area (Å²) >= 11 is 0. The molecule has 0 bridgehead atoms. The normalized spacial score (nSPS) is 14.0. The lowest BCUT2D eigenvalue weighted by atomic mass is 9.89. The van der Waals surface area contributed by atoms with Crippen LogP contribution < -0.4 is 0 Å². The molecule has 0 aromatic rings. The van der Waals surface area contributed by atoms with Crippen LogP contribution >= 0.6 is 0 Å². The Hall–Kier alpha value is -4.28. The highest BCUT2D eigenvalue weighted by Crippen LogP contribution is 2.30. The first-order valence-electron chi connectivity index (χ1n) is 40.0. The van der Waals surface area contributed by atoms with Crippen molar-refractivity contribution in [2.45, 2.75) is 416 Å². The molecule has 1 aliphatic carbocycles. The minimum Gasteiger partial charge on any atom is -0.466 e. The summed E-state index contributed by atoms with van der Waals surface area (Å²) in [6.45, 7) is 80.8. The van der Waals surface area contributed by atoms with Crippen molar-refractivity contribution in [3.05, 3.63) is 0 Å². The quantitative estimate of drug-likeness (QED) is 0.0358. The van der Waals surface area contributed by atoms with E-state index in [1.807, 2.05) is 111 Å². The second-order valence-electron chi connectivity index (χ2n) is 38.5. The Morgan fingerprint density at radius 3 is 1.01 bits per heavy atom. The molecule has 0 N–H and O–H groups in total. The molecule has 0 aromatic heterocycles. The van der Waals surface area contributed by atoms with Crippen LogP contribution in [0, 0.1) is 67.5 Å². The van der Waals surface area contributed by atoms with Gasteiger partial charge in [-0.3, -0.25) is 33.6 Å². The van der Waals surface area contributed by atoms with Crippen LogP contribution in [0.1, 0.15) is 385 Å². The summed E-state index contributed by atoms with van der Waals surface area (Å²) in [6, 6.07) is 0. The molecule has 1 aliphatic rings. The van der Waals surface area contributed by atoms with E-state index in [4.69, 9.17) is 37.9 Å². The van der Waals surface area contributed by atoms with Gasteiger partial charge >= 0.3 is 47.8 Å². The van der Waals surface area contributed by atoms with Crippen LogP contribution in [0.2, 0.25) is 0 Å². The molecular weight excluding hydrogens is 1320 g/mol. The van der Waals surface area contributed by atoms with E-state index >= 15 is 0 Å². The Morgan fingerprint density at radius 2 is 0.683 bits per heavy atom. The molecule has 104 heavy (non-hydrogen) atoms. The Labute approximate surface area is 641 Å². The molecular formula is C87H172O17. The Bertz CT molecular complexity index is 2180. The third-order valence-corrected chi connectivity index (χ3v) is 14.3. The van der Waals surface area contributed by atoms with Crippen molar-refractivity contribution in [1.82, 2.24) is 0 Å². The molecule has 17 heteroatoms. The van der Waals surface area contributed by atoms with E-state index in [1.165, 1.54) is 12.8 Å². The molecule has 1 saturated carbocycles. The maximum Gasteiger partial charge on any atom is 0.332 e. The standard InChI is InChI=1S/C13H24O2.2C12H24O2.3C11H22O2.C10H20O2.C7H14O3/c1-10(9-13(2,3)4)15-12(14)11-7-5-6-8-11;1-9(2)7-11(13)14-10(3)8-12(4,5)6;1-10(2)9-11(13)14-8-6-7-12(3,4)5;1-8(2)10(12)13-9(3)7-11(4,5)6;1-9(2)8-10(12)13-7-6-11(3,4)5;1-6-10(12)13-9(2)7-8-11(3,4)5;1-6-9(11)12-8(2)7-10(3,4)5;1-3-5-9-6-7(8)10-4-2/h10-11H,5-9H2,1-4H3;9-10H,7-8H2,1-6H3;10H,6-9H2,1-5H3;8-9H,7H2,1-6H3;2*9H,6-8H2,1-5H3;8H,6-7H2,1-5H3;3-6H2,1-2H3. The fraction of sp³-hybridized carbons (Fsp3) is 0.908. The van der Waals surface area contributed by atoms with Gasteiger partial charge in [0.25, 0.3) is 0 Å². The summed E-state index contributed by atoms with van der Waals surface area (Å²) in [5, 5.41) is 0. The van der Waals surface area contributed by atoms with Crippen molar-refractivity contribution in [1.29, 1.82) is 0 Å². The maximum atomic E-state index is 11.7. The third kappa shape index (κ3) is 99.8. The fourth-order valence-corrected chi connectivity index (χ4v) is 9.87. The smallest absolute Gasteiger partial charge is 0.332 e. The number of carbonyl (C=O) groups excluding carboxylic acids is 8. The Kier molecular flexibility index (Phi) is 65.9.